The lowest BCUT2D eigenvalue weighted by atomic mass is 10.0. The topological polar surface area (TPSA) is 33.0 Å². The minimum atomic E-state index is -0.662. The number of halogens is 2. The van der Waals surface area contributed by atoms with Gasteiger partial charge in [-0.3, -0.25) is 0 Å². The Morgan fingerprint density at radius 3 is 2.39 bits per heavy atom. The molecule has 2 nitrogen and oxygen atoms in total. The molecule has 0 heterocycles. The molecule has 0 unspecified atom stereocenters. The highest BCUT2D eigenvalue weighted by Crippen LogP contribution is 2.27. The van der Waals surface area contributed by atoms with Gasteiger partial charge >= 0.3 is 0 Å². The molecular formula is C14H9F2NO. The van der Waals surface area contributed by atoms with E-state index < -0.39 is 11.6 Å². The van der Waals surface area contributed by atoms with Crippen molar-refractivity contribution in [3.8, 4) is 22.9 Å². The summed E-state index contributed by atoms with van der Waals surface area (Å²) < 4.78 is 32.1. The molecule has 0 aromatic heterocycles. The van der Waals surface area contributed by atoms with Crippen LogP contribution < -0.4 is 4.74 Å². The molecule has 4 heteroatoms. The van der Waals surface area contributed by atoms with Gasteiger partial charge in [0.2, 0.25) is 0 Å². The summed E-state index contributed by atoms with van der Waals surface area (Å²) in [5.74, 6) is -0.769. The number of benzene rings is 2. The monoisotopic (exact) mass is 245 g/mol. The minimum Gasteiger partial charge on any atom is -0.497 e. The summed E-state index contributed by atoms with van der Waals surface area (Å²) in [6.07, 6.45) is 0. The SMILES string of the molecule is COc1ccc(-c2ccc(C#N)c(F)c2)c(F)c1. The Bertz CT molecular complexity index is 632. The maximum atomic E-state index is 13.8. The molecule has 2 aromatic carbocycles. The van der Waals surface area contributed by atoms with Crippen molar-refractivity contribution in [2.75, 3.05) is 7.11 Å². The van der Waals surface area contributed by atoms with Crippen molar-refractivity contribution in [1.29, 1.82) is 5.26 Å². The van der Waals surface area contributed by atoms with Gasteiger partial charge in [-0.1, -0.05) is 6.07 Å². The van der Waals surface area contributed by atoms with Gasteiger partial charge in [-0.15, -0.1) is 0 Å². The maximum Gasteiger partial charge on any atom is 0.141 e. The summed E-state index contributed by atoms with van der Waals surface area (Å²) in [6.45, 7) is 0. The Kier molecular flexibility index (Phi) is 3.24. The van der Waals surface area contributed by atoms with Crippen LogP contribution in [-0.4, -0.2) is 7.11 Å². The number of rotatable bonds is 2. The Morgan fingerprint density at radius 2 is 1.83 bits per heavy atom. The van der Waals surface area contributed by atoms with E-state index in [2.05, 4.69) is 0 Å². The second kappa shape index (κ2) is 4.84. The molecule has 0 aliphatic rings. The van der Waals surface area contributed by atoms with Crippen molar-refractivity contribution in [3.63, 3.8) is 0 Å². The van der Waals surface area contributed by atoms with Gasteiger partial charge in [-0.2, -0.15) is 5.26 Å². The normalized spacial score (nSPS) is 9.89. The molecule has 90 valence electrons. The zero-order chi connectivity index (χ0) is 13.1. The third-order valence-corrected chi connectivity index (χ3v) is 2.58. The third-order valence-electron chi connectivity index (χ3n) is 2.58. The largest absolute Gasteiger partial charge is 0.497 e. The fourth-order valence-corrected chi connectivity index (χ4v) is 1.63. The molecule has 0 fully saturated rings. The summed E-state index contributed by atoms with van der Waals surface area (Å²) in [7, 11) is 1.44. The minimum absolute atomic E-state index is 0.0623. The summed E-state index contributed by atoms with van der Waals surface area (Å²) in [4.78, 5) is 0. The van der Waals surface area contributed by atoms with Crippen LogP contribution in [-0.2, 0) is 0 Å². The van der Waals surface area contributed by atoms with Crippen molar-refractivity contribution in [2.24, 2.45) is 0 Å². The first-order chi connectivity index (χ1) is 8.65. The van der Waals surface area contributed by atoms with E-state index in [1.165, 1.54) is 31.4 Å². The zero-order valence-corrected chi connectivity index (χ0v) is 9.58. The van der Waals surface area contributed by atoms with Gasteiger partial charge in [0, 0.05) is 11.6 Å². The molecule has 0 aliphatic heterocycles. The lowest BCUT2D eigenvalue weighted by Crippen LogP contribution is -1.90. The Morgan fingerprint density at radius 1 is 1.06 bits per heavy atom. The van der Waals surface area contributed by atoms with Crippen molar-refractivity contribution in [3.05, 3.63) is 53.6 Å². The van der Waals surface area contributed by atoms with Crippen molar-refractivity contribution in [1.82, 2.24) is 0 Å². The average Bonchev–Trinajstić information content (AvgIpc) is 2.38. The summed E-state index contributed by atoms with van der Waals surface area (Å²) >= 11 is 0. The van der Waals surface area contributed by atoms with Gasteiger partial charge in [0.15, 0.2) is 0 Å². The summed E-state index contributed by atoms with van der Waals surface area (Å²) in [6, 6.07) is 10.0. The lowest BCUT2D eigenvalue weighted by molar-refractivity contribution is 0.411. The highest BCUT2D eigenvalue weighted by atomic mass is 19.1. The third kappa shape index (κ3) is 2.16. The summed E-state index contributed by atoms with van der Waals surface area (Å²) in [5.41, 5.74) is 0.582. The first-order valence-electron chi connectivity index (χ1n) is 5.19. The van der Waals surface area contributed by atoms with E-state index in [0.717, 1.165) is 6.07 Å². The smallest absolute Gasteiger partial charge is 0.141 e. The van der Waals surface area contributed by atoms with Crippen LogP contribution in [0.15, 0.2) is 36.4 Å². The number of ether oxygens (including phenoxy) is 1. The molecule has 18 heavy (non-hydrogen) atoms. The molecule has 0 saturated carbocycles. The van der Waals surface area contributed by atoms with Crippen molar-refractivity contribution < 1.29 is 13.5 Å². The van der Waals surface area contributed by atoms with Gasteiger partial charge < -0.3 is 4.74 Å². The predicted molar refractivity (Wildman–Crippen MR) is 63.1 cm³/mol. The molecule has 0 aliphatic carbocycles. The average molecular weight is 245 g/mol. The Balaban J connectivity index is 2.49. The van der Waals surface area contributed by atoms with Gasteiger partial charge in [-0.25, -0.2) is 8.78 Å². The van der Waals surface area contributed by atoms with Crippen LogP contribution in [0, 0.1) is 23.0 Å². The first-order valence-corrected chi connectivity index (χ1v) is 5.19. The number of nitriles is 1. The second-order valence-corrected chi connectivity index (χ2v) is 3.65. The van der Waals surface area contributed by atoms with Crippen LogP contribution in [0.4, 0.5) is 8.78 Å². The van der Waals surface area contributed by atoms with Gasteiger partial charge in [-0.05, 0) is 29.8 Å². The molecular weight excluding hydrogens is 236 g/mol. The van der Waals surface area contributed by atoms with Crippen LogP contribution in [0.1, 0.15) is 5.56 Å². The fourth-order valence-electron chi connectivity index (χ4n) is 1.63. The molecule has 0 amide bonds. The number of hydrogen-bond donors (Lipinski definition) is 0. The van der Waals surface area contributed by atoms with Crippen molar-refractivity contribution in [2.45, 2.75) is 0 Å². The number of hydrogen-bond acceptors (Lipinski definition) is 2. The first kappa shape index (κ1) is 12.1. The van der Waals surface area contributed by atoms with E-state index in [1.807, 2.05) is 0 Å². The second-order valence-electron chi connectivity index (χ2n) is 3.65. The van der Waals surface area contributed by atoms with E-state index in [9.17, 15) is 8.78 Å². The van der Waals surface area contributed by atoms with Gasteiger partial charge in [0.25, 0.3) is 0 Å². The number of methoxy groups -OCH3 is 1. The molecule has 0 saturated heterocycles. The molecule has 0 N–H and O–H groups in total. The zero-order valence-electron chi connectivity index (χ0n) is 9.58. The van der Waals surface area contributed by atoms with Gasteiger partial charge in [0.05, 0.1) is 12.7 Å². The molecule has 0 radical (unpaired) electrons. The predicted octanol–water partition coefficient (Wildman–Crippen LogP) is 3.51. The lowest BCUT2D eigenvalue weighted by Gasteiger charge is -2.06. The molecule has 0 bridgehead atoms. The van der Waals surface area contributed by atoms with Crippen molar-refractivity contribution >= 4 is 0 Å². The molecule has 2 rings (SSSR count). The van der Waals surface area contributed by atoms with E-state index in [0.29, 0.717) is 11.3 Å². The van der Waals surface area contributed by atoms with E-state index >= 15 is 0 Å². The maximum absolute atomic E-state index is 13.8. The highest BCUT2D eigenvalue weighted by molar-refractivity contribution is 5.66. The summed E-state index contributed by atoms with van der Waals surface area (Å²) in [5, 5.41) is 8.62. The van der Waals surface area contributed by atoms with Crippen LogP contribution in [0.3, 0.4) is 0 Å². The number of nitrogens with zero attached hydrogens (tertiary/aromatic N) is 1. The van der Waals surface area contributed by atoms with E-state index in [1.54, 1.807) is 12.1 Å². The van der Waals surface area contributed by atoms with Crippen LogP contribution in [0.5, 0.6) is 5.75 Å². The quantitative estimate of drug-likeness (QED) is 0.811. The van der Waals surface area contributed by atoms with E-state index in [-0.39, 0.29) is 11.1 Å². The standard InChI is InChI=1S/C14H9F2NO/c1-18-11-4-5-12(14(16)7-11)9-2-3-10(8-17)13(15)6-9/h2-7H,1H3. The Labute approximate surface area is 103 Å². The van der Waals surface area contributed by atoms with Crippen LogP contribution >= 0.6 is 0 Å². The van der Waals surface area contributed by atoms with Crippen LogP contribution in [0.25, 0.3) is 11.1 Å². The fraction of sp³-hybridized carbons (Fsp3) is 0.0714. The molecule has 2 aromatic rings. The highest BCUT2D eigenvalue weighted by Gasteiger charge is 2.09. The van der Waals surface area contributed by atoms with Gasteiger partial charge in [0.1, 0.15) is 23.5 Å². The van der Waals surface area contributed by atoms with E-state index in [4.69, 9.17) is 10.00 Å². The van der Waals surface area contributed by atoms with Crippen LogP contribution in [0.2, 0.25) is 0 Å². The Hall–Kier alpha value is -2.41. The molecule has 0 atom stereocenters. The molecule has 0 spiro atoms.